The van der Waals surface area contributed by atoms with Gasteiger partial charge in [-0.2, -0.15) is 0 Å². The Bertz CT molecular complexity index is 1370. The first-order valence-corrected chi connectivity index (χ1v) is 15.2. The lowest BCUT2D eigenvalue weighted by Crippen LogP contribution is -2.52. The highest BCUT2D eigenvalue weighted by molar-refractivity contribution is 7.89. The molecule has 1 aromatic heterocycles. The summed E-state index contributed by atoms with van der Waals surface area (Å²) in [7, 11) is -1.54. The van der Waals surface area contributed by atoms with Gasteiger partial charge in [-0.25, -0.2) is 18.1 Å². The lowest BCUT2D eigenvalue weighted by atomic mass is 10.0. The molecule has 3 aromatic rings. The third-order valence-corrected chi connectivity index (χ3v) is 9.28. The summed E-state index contributed by atoms with van der Waals surface area (Å²) in [5.41, 5.74) is 5.29. The van der Waals surface area contributed by atoms with E-state index < -0.39 is 10.0 Å². The van der Waals surface area contributed by atoms with Gasteiger partial charge in [0, 0.05) is 44.5 Å². The van der Waals surface area contributed by atoms with Crippen molar-refractivity contribution in [1.82, 2.24) is 14.6 Å². The monoisotopic (exact) mass is 542 g/mol. The first kappa shape index (κ1) is 26.1. The van der Waals surface area contributed by atoms with E-state index in [0.29, 0.717) is 19.6 Å². The van der Waals surface area contributed by atoms with E-state index in [2.05, 4.69) is 22.2 Å². The van der Waals surface area contributed by atoms with Crippen LogP contribution in [0.3, 0.4) is 0 Å². The molecule has 0 unspecified atom stereocenters. The van der Waals surface area contributed by atoms with E-state index in [1.807, 2.05) is 56.3 Å². The zero-order valence-corrected chi connectivity index (χ0v) is 23.0. The number of sulfonamides is 1. The van der Waals surface area contributed by atoms with Crippen molar-refractivity contribution in [3.05, 3.63) is 53.7 Å². The van der Waals surface area contributed by atoms with Gasteiger partial charge in [0.05, 0.1) is 28.5 Å². The molecule has 1 atom stereocenters. The van der Waals surface area contributed by atoms with E-state index in [-0.39, 0.29) is 24.0 Å². The number of rotatable bonds is 10. The minimum absolute atomic E-state index is 0.0407. The van der Waals surface area contributed by atoms with Gasteiger partial charge in [-0.05, 0) is 61.6 Å². The van der Waals surface area contributed by atoms with Crippen molar-refractivity contribution in [2.45, 2.75) is 44.9 Å². The molecule has 0 radical (unpaired) electrons. The van der Waals surface area contributed by atoms with Crippen LogP contribution in [0, 0.1) is 0 Å². The number of fused-ring (bicyclic) bond motifs is 1. The van der Waals surface area contributed by atoms with Crippen molar-refractivity contribution in [2.24, 2.45) is 0 Å². The van der Waals surface area contributed by atoms with Crippen LogP contribution in [0.1, 0.15) is 37.4 Å². The normalized spacial score (nSPS) is 18.1. The molecule has 0 bridgehead atoms. The van der Waals surface area contributed by atoms with E-state index in [9.17, 15) is 13.5 Å². The minimum Gasteiger partial charge on any atom is -0.489 e. The van der Waals surface area contributed by atoms with Gasteiger partial charge >= 0.3 is 0 Å². The number of anilines is 1. The molecular formula is C27H34N4O4S2. The Morgan fingerprint density at radius 1 is 1.24 bits per heavy atom. The SMILES string of the molecule is CNc1cc(-c2ncc(-c3cccc4c3CC[C@@H]4NS(=O)(=O)CCN3CC(O)C3)s2)ccc1OC(C)C. The molecule has 1 saturated heterocycles. The van der Waals surface area contributed by atoms with Crippen LogP contribution in [0.15, 0.2) is 42.6 Å². The number of thiazole rings is 1. The molecule has 1 aliphatic carbocycles. The average Bonchev–Trinajstić information content (AvgIpc) is 3.49. The van der Waals surface area contributed by atoms with Crippen LogP contribution in [-0.2, 0) is 16.4 Å². The van der Waals surface area contributed by atoms with E-state index in [4.69, 9.17) is 9.72 Å². The summed E-state index contributed by atoms with van der Waals surface area (Å²) in [4.78, 5) is 7.73. The molecule has 1 aliphatic heterocycles. The van der Waals surface area contributed by atoms with Crippen LogP contribution in [0.25, 0.3) is 21.0 Å². The number of aromatic nitrogens is 1. The molecule has 2 aromatic carbocycles. The summed E-state index contributed by atoms with van der Waals surface area (Å²) in [5, 5.41) is 13.6. The van der Waals surface area contributed by atoms with Crippen molar-refractivity contribution in [3.63, 3.8) is 0 Å². The van der Waals surface area contributed by atoms with Crippen LogP contribution in [0.5, 0.6) is 5.75 Å². The van der Waals surface area contributed by atoms with Crippen LogP contribution in [0.4, 0.5) is 5.69 Å². The second-order valence-corrected chi connectivity index (χ2v) is 12.9. The van der Waals surface area contributed by atoms with Crippen LogP contribution in [0.2, 0.25) is 0 Å². The van der Waals surface area contributed by atoms with Gasteiger partial charge in [0.2, 0.25) is 10.0 Å². The number of β-amino-alcohol motifs (C(OH)–C–C–N with tert-alkyl or cyclic N) is 1. The second kappa shape index (κ2) is 10.7. The van der Waals surface area contributed by atoms with Gasteiger partial charge in [0.1, 0.15) is 10.8 Å². The summed E-state index contributed by atoms with van der Waals surface area (Å²) in [6.45, 7) is 5.55. The Morgan fingerprint density at radius 3 is 2.78 bits per heavy atom. The Kier molecular flexibility index (Phi) is 7.56. The smallest absolute Gasteiger partial charge is 0.213 e. The van der Waals surface area contributed by atoms with Crippen LogP contribution < -0.4 is 14.8 Å². The van der Waals surface area contributed by atoms with Gasteiger partial charge < -0.3 is 15.2 Å². The lowest BCUT2D eigenvalue weighted by molar-refractivity contribution is 0.00619. The standard InChI is InChI=1S/C27H34N4O4S2/c1-17(2)35-25-10-7-18(13-24(25)28-3)27-29-14-26(36-27)22-6-4-5-21-20(22)8-9-23(21)30-37(33,34)12-11-31-15-19(32)16-31/h4-7,10,13-14,17,19,23,28,30,32H,8-9,11-12,15-16H2,1-3H3/t23-/m0/s1. The molecule has 0 saturated carbocycles. The number of ether oxygens (including phenoxy) is 1. The number of benzene rings is 2. The molecule has 2 heterocycles. The highest BCUT2D eigenvalue weighted by Crippen LogP contribution is 2.42. The first-order valence-electron chi connectivity index (χ1n) is 12.7. The summed E-state index contributed by atoms with van der Waals surface area (Å²) in [6, 6.07) is 12.0. The highest BCUT2D eigenvalue weighted by atomic mass is 32.2. The second-order valence-electron chi connectivity index (χ2n) is 9.97. The zero-order chi connectivity index (χ0) is 26.2. The fourth-order valence-electron chi connectivity index (χ4n) is 5.00. The summed E-state index contributed by atoms with van der Waals surface area (Å²) in [6.07, 6.45) is 3.23. The quantitative estimate of drug-likeness (QED) is 0.357. The van der Waals surface area contributed by atoms with Gasteiger partial charge in [-0.15, -0.1) is 11.3 Å². The predicted molar refractivity (Wildman–Crippen MR) is 149 cm³/mol. The minimum atomic E-state index is -3.42. The molecule has 8 nitrogen and oxygen atoms in total. The third-order valence-electron chi connectivity index (χ3n) is 6.84. The molecule has 198 valence electrons. The number of hydrogen-bond donors (Lipinski definition) is 3. The molecule has 5 rings (SSSR count). The predicted octanol–water partition coefficient (Wildman–Crippen LogP) is 3.89. The van der Waals surface area contributed by atoms with Crippen molar-refractivity contribution in [3.8, 4) is 26.8 Å². The van der Waals surface area contributed by atoms with Crippen molar-refractivity contribution < 1.29 is 18.3 Å². The molecule has 0 spiro atoms. The number of aliphatic hydroxyl groups excluding tert-OH is 1. The van der Waals surface area contributed by atoms with Gasteiger partial charge in [-0.3, -0.25) is 4.90 Å². The summed E-state index contributed by atoms with van der Waals surface area (Å²) in [5.74, 6) is 0.855. The van der Waals surface area contributed by atoms with Crippen LogP contribution >= 0.6 is 11.3 Å². The van der Waals surface area contributed by atoms with Crippen molar-refractivity contribution in [1.29, 1.82) is 0 Å². The maximum atomic E-state index is 12.8. The lowest BCUT2D eigenvalue weighted by Gasteiger charge is -2.35. The summed E-state index contributed by atoms with van der Waals surface area (Å²) >= 11 is 1.63. The van der Waals surface area contributed by atoms with Gasteiger partial charge in [0.15, 0.2) is 0 Å². The Morgan fingerprint density at radius 2 is 2.05 bits per heavy atom. The van der Waals surface area contributed by atoms with Crippen molar-refractivity contribution in [2.75, 3.05) is 37.8 Å². The Hall–Kier alpha value is -2.50. The number of aliphatic hydroxyl groups is 1. The molecule has 1 fully saturated rings. The van der Waals surface area contributed by atoms with E-state index in [1.165, 1.54) is 5.56 Å². The molecule has 37 heavy (non-hydrogen) atoms. The zero-order valence-electron chi connectivity index (χ0n) is 21.4. The number of nitrogens with one attached hydrogen (secondary N) is 2. The summed E-state index contributed by atoms with van der Waals surface area (Å²) < 4.78 is 34.3. The largest absolute Gasteiger partial charge is 0.489 e. The topological polar surface area (TPSA) is 104 Å². The van der Waals surface area contributed by atoms with Crippen LogP contribution in [-0.4, -0.2) is 68.1 Å². The molecular weight excluding hydrogens is 508 g/mol. The van der Waals surface area contributed by atoms with Crippen molar-refractivity contribution >= 4 is 27.0 Å². The molecule has 3 N–H and O–H groups in total. The molecule has 10 heteroatoms. The van der Waals surface area contributed by atoms with E-state index >= 15 is 0 Å². The average molecular weight is 543 g/mol. The number of hydrogen-bond acceptors (Lipinski definition) is 8. The maximum Gasteiger partial charge on any atom is 0.213 e. The van der Waals surface area contributed by atoms with Gasteiger partial charge in [-0.1, -0.05) is 18.2 Å². The van der Waals surface area contributed by atoms with E-state index in [1.54, 1.807) is 11.3 Å². The molecule has 2 aliphatic rings. The fraction of sp³-hybridized carbons (Fsp3) is 0.444. The highest BCUT2D eigenvalue weighted by Gasteiger charge is 2.30. The Labute approximate surface area is 222 Å². The third kappa shape index (κ3) is 5.83. The number of nitrogens with zero attached hydrogens (tertiary/aromatic N) is 2. The fourth-order valence-corrected chi connectivity index (χ4v) is 7.26. The van der Waals surface area contributed by atoms with Gasteiger partial charge in [0.25, 0.3) is 0 Å². The Balaban J connectivity index is 1.33. The molecule has 0 amide bonds. The number of likely N-dealkylation sites (tertiary alicyclic amines) is 1. The maximum absolute atomic E-state index is 12.8. The van der Waals surface area contributed by atoms with E-state index in [0.717, 1.165) is 50.9 Å². The first-order chi connectivity index (χ1) is 17.7.